The maximum Gasteiger partial charge on any atom is 0.104 e. The van der Waals surface area contributed by atoms with Crippen LogP contribution in [0.25, 0.3) is 0 Å². The second-order valence-corrected chi connectivity index (χ2v) is 9.19. The average Bonchev–Trinajstić information content (AvgIpc) is 3.57. The van der Waals surface area contributed by atoms with E-state index in [1.807, 2.05) is 0 Å². The highest BCUT2D eigenvalue weighted by molar-refractivity contribution is 4.78. The van der Waals surface area contributed by atoms with Crippen LogP contribution >= 0.6 is 0 Å². The molecule has 8 atom stereocenters. The summed E-state index contributed by atoms with van der Waals surface area (Å²) in [7, 11) is 0. The molecule has 6 rings (SSSR count). The molecule has 6 aliphatic rings. The second-order valence-electron chi connectivity index (χ2n) is 9.19. The van der Waals surface area contributed by atoms with Gasteiger partial charge in [-0.15, -0.1) is 0 Å². The normalized spacial score (nSPS) is 36.0. The van der Waals surface area contributed by atoms with Crippen molar-refractivity contribution in [2.75, 3.05) is 79.3 Å². The van der Waals surface area contributed by atoms with E-state index in [9.17, 15) is 0 Å². The van der Waals surface area contributed by atoms with Gasteiger partial charge in [0, 0.05) is 12.8 Å². The van der Waals surface area contributed by atoms with Crippen molar-refractivity contribution in [3.8, 4) is 0 Å². The molecule has 0 aromatic rings. The van der Waals surface area contributed by atoms with Crippen LogP contribution in [0.15, 0.2) is 0 Å². The van der Waals surface area contributed by atoms with Gasteiger partial charge in [-0.25, -0.2) is 0 Å². The first-order chi connectivity index (χ1) is 15.8. The summed E-state index contributed by atoms with van der Waals surface area (Å²) in [5.74, 6) is 0. The summed E-state index contributed by atoms with van der Waals surface area (Å²) in [6.45, 7) is 9.08. The van der Waals surface area contributed by atoms with Crippen LogP contribution in [-0.4, -0.2) is 134 Å². The Hall–Kier alpha value is -0.440. The van der Waals surface area contributed by atoms with Gasteiger partial charge < -0.3 is 52.8 Å². The lowest BCUT2D eigenvalue weighted by molar-refractivity contribution is -0.0306. The molecule has 8 unspecified atom stereocenters. The van der Waals surface area contributed by atoms with Gasteiger partial charge in [-0.05, 0) is 0 Å². The lowest BCUT2D eigenvalue weighted by Crippen LogP contribution is -2.25. The van der Waals surface area contributed by atoms with Crippen LogP contribution in [0.3, 0.4) is 0 Å². The summed E-state index contributed by atoms with van der Waals surface area (Å²) >= 11 is 0. The molecule has 6 saturated heterocycles. The molecule has 0 saturated carbocycles. The van der Waals surface area contributed by atoms with Crippen molar-refractivity contribution in [3.63, 3.8) is 0 Å². The number of hydrogen-bond donors (Lipinski definition) is 0. The number of hydrogen-bond acceptors (Lipinski definition) is 10. The Balaban J connectivity index is 0.000000152. The van der Waals surface area contributed by atoms with Crippen LogP contribution in [0, 0.1) is 0 Å². The summed E-state index contributed by atoms with van der Waals surface area (Å²) in [4.78, 5) is 0. The van der Waals surface area contributed by atoms with Crippen LogP contribution in [-0.2, 0) is 47.4 Å². The van der Waals surface area contributed by atoms with Crippen LogP contribution in [0.1, 0.15) is 12.8 Å². The van der Waals surface area contributed by atoms with Gasteiger partial charge in [0.25, 0.3) is 0 Å². The Kier molecular flexibility index (Phi) is 10.1. The molecule has 11 nitrogen and oxygen atoms in total. The molecule has 11 heteroatoms. The van der Waals surface area contributed by atoms with Crippen LogP contribution in [0.4, 0.5) is 0 Å². The average molecular weight is 479 g/mol. The minimum Gasteiger partial charge on any atom is -0.412 e. The highest BCUT2D eigenvalue weighted by atomic mass is 16.6. The van der Waals surface area contributed by atoms with Gasteiger partial charge in [-0.1, -0.05) is 0 Å². The van der Waals surface area contributed by atoms with E-state index in [1.54, 1.807) is 0 Å². The summed E-state index contributed by atoms with van der Waals surface area (Å²) in [5, 5.41) is 0. The molecular formula is C22H38O11. The standard InChI is InChI=1S/2C11H18O5.H2O/c2*1(9-4-13-9)8(14-6-11-7-16-11)2-12-3-10-5-15-10;/h2*8-11H,1-7H2;1H2. The fourth-order valence-corrected chi connectivity index (χ4v) is 3.17. The van der Waals surface area contributed by atoms with Gasteiger partial charge in [0.15, 0.2) is 0 Å². The zero-order valence-corrected chi connectivity index (χ0v) is 19.1. The molecule has 33 heavy (non-hydrogen) atoms. The van der Waals surface area contributed by atoms with Crippen molar-refractivity contribution < 1.29 is 52.8 Å². The SMILES string of the molecule is C(OCC(CC1CO1)OCC1CO1)C1CO1.C(OCC(CC1CO1)OCC1CO1)C1CO1.O. The molecular weight excluding hydrogens is 440 g/mol. The van der Waals surface area contributed by atoms with E-state index in [2.05, 4.69) is 0 Å². The molecule has 6 fully saturated rings. The minimum atomic E-state index is 0. The van der Waals surface area contributed by atoms with Gasteiger partial charge >= 0.3 is 0 Å². The smallest absolute Gasteiger partial charge is 0.104 e. The third-order valence-electron chi connectivity index (χ3n) is 5.72. The molecule has 2 N–H and O–H groups in total. The van der Waals surface area contributed by atoms with E-state index in [4.69, 9.17) is 47.4 Å². The van der Waals surface area contributed by atoms with Crippen molar-refractivity contribution in [1.82, 2.24) is 0 Å². The molecule has 192 valence electrons. The van der Waals surface area contributed by atoms with Crippen LogP contribution < -0.4 is 0 Å². The number of rotatable bonds is 18. The first kappa shape index (κ1) is 25.6. The predicted octanol–water partition coefficient (Wildman–Crippen LogP) is -0.875. The van der Waals surface area contributed by atoms with Crippen molar-refractivity contribution >= 4 is 0 Å². The largest absolute Gasteiger partial charge is 0.412 e. The highest BCUT2D eigenvalue weighted by Gasteiger charge is 2.32. The summed E-state index contributed by atoms with van der Waals surface area (Å²) in [6, 6.07) is 0. The highest BCUT2D eigenvalue weighted by Crippen LogP contribution is 2.21. The Morgan fingerprint density at radius 2 is 0.788 bits per heavy atom. The summed E-state index contributed by atoms with van der Waals surface area (Å²) in [5.41, 5.74) is 0. The maximum atomic E-state index is 5.75. The molecule has 0 spiro atoms. The zero-order chi connectivity index (χ0) is 21.6. The zero-order valence-electron chi connectivity index (χ0n) is 19.1. The molecule has 0 radical (unpaired) electrons. The van der Waals surface area contributed by atoms with E-state index >= 15 is 0 Å². The molecule has 0 bridgehead atoms. The second kappa shape index (κ2) is 13.0. The fraction of sp³-hybridized carbons (Fsp3) is 1.00. The maximum absolute atomic E-state index is 5.75. The van der Waals surface area contributed by atoms with Gasteiger partial charge in [0.2, 0.25) is 0 Å². The quantitative estimate of drug-likeness (QED) is 0.228. The van der Waals surface area contributed by atoms with E-state index in [0.29, 0.717) is 76.3 Å². The Labute approximate surface area is 194 Å². The first-order valence-corrected chi connectivity index (χ1v) is 11.9. The third kappa shape index (κ3) is 12.2. The van der Waals surface area contributed by atoms with Crippen molar-refractivity contribution in [2.45, 2.75) is 61.7 Å². The van der Waals surface area contributed by atoms with Gasteiger partial charge in [-0.3, -0.25) is 0 Å². The van der Waals surface area contributed by atoms with Crippen LogP contribution in [0.5, 0.6) is 0 Å². The Bertz CT molecular complexity index is 494. The molecule has 0 aliphatic carbocycles. The minimum absolute atomic E-state index is 0. The molecule has 0 aromatic carbocycles. The van der Waals surface area contributed by atoms with Crippen LogP contribution in [0.2, 0.25) is 0 Å². The number of ether oxygens (including phenoxy) is 10. The molecule has 0 aromatic heterocycles. The monoisotopic (exact) mass is 478 g/mol. The van der Waals surface area contributed by atoms with Crippen molar-refractivity contribution in [1.29, 1.82) is 0 Å². The molecule has 0 amide bonds. The summed E-state index contributed by atoms with van der Waals surface area (Å²) in [6.07, 6.45) is 4.16. The topological polar surface area (TPSA) is 144 Å². The lowest BCUT2D eigenvalue weighted by atomic mass is 10.2. The predicted molar refractivity (Wildman–Crippen MR) is 112 cm³/mol. The van der Waals surface area contributed by atoms with Gasteiger partial charge in [0.1, 0.15) is 24.4 Å². The fourth-order valence-electron chi connectivity index (χ4n) is 3.17. The first-order valence-electron chi connectivity index (χ1n) is 11.9. The van der Waals surface area contributed by atoms with E-state index in [1.165, 1.54) is 0 Å². The van der Waals surface area contributed by atoms with Crippen molar-refractivity contribution in [2.24, 2.45) is 0 Å². The third-order valence-corrected chi connectivity index (χ3v) is 5.72. The van der Waals surface area contributed by atoms with E-state index < -0.39 is 0 Å². The van der Waals surface area contributed by atoms with E-state index in [-0.39, 0.29) is 17.7 Å². The van der Waals surface area contributed by atoms with Gasteiger partial charge in [0.05, 0.1) is 104 Å². The Morgan fingerprint density at radius 3 is 1.09 bits per heavy atom. The molecule has 6 heterocycles. The van der Waals surface area contributed by atoms with Gasteiger partial charge in [-0.2, -0.15) is 0 Å². The van der Waals surface area contributed by atoms with E-state index in [0.717, 1.165) is 52.5 Å². The summed E-state index contributed by atoms with van der Waals surface area (Å²) < 4.78 is 53.4. The number of epoxide rings is 6. The van der Waals surface area contributed by atoms with Crippen molar-refractivity contribution in [3.05, 3.63) is 0 Å². The molecule has 6 aliphatic heterocycles. The lowest BCUT2D eigenvalue weighted by Gasteiger charge is -2.16. The Morgan fingerprint density at radius 1 is 0.485 bits per heavy atom.